The summed E-state index contributed by atoms with van der Waals surface area (Å²) in [4.78, 5) is 11.6. The van der Waals surface area contributed by atoms with E-state index in [2.05, 4.69) is 82.7 Å². The van der Waals surface area contributed by atoms with Crippen LogP contribution in [0.3, 0.4) is 0 Å². The van der Waals surface area contributed by atoms with Crippen molar-refractivity contribution in [3.05, 3.63) is 90.5 Å². The first kappa shape index (κ1) is 16.1. The van der Waals surface area contributed by atoms with Crippen LogP contribution in [0, 0.1) is 0 Å². The summed E-state index contributed by atoms with van der Waals surface area (Å²) < 4.78 is 0. The van der Waals surface area contributed by atoms with E-state index in [1.165, 1.54) is 10.6 Å². The second kappa shape index (κ2) is 6.06. The molecule has 116 valence electrons. The Bertz CT molecular complexity index is 772. The Labute approximate surface area is 145 Å². The van der Waals surface area contributed by atoms with Crippen molar-refractivity contribution < 1.29 is 4.79 Å². The second-order valence-electron chi connectivity index (χ2n) is 5.93. The first-order chi connectivity index (χ1) is 11.1. The quantitative estimate of drug-likeness (QED) is 0.566. The summed E-state index contributed by atoms with van der Waals surface area (Å²) in [6.07, 6.45) is 7.91. The predicted molar refractivity (Wildman–Crippen MR) is 105 cm³/mol. The molecule has 0 heterocycles. The molecule has 0 fully saturated rings. The Hall–Kier alpha value is -1.72. The van der Waals surface area contributed by atoms with Gasteiger partial charge in [-0.05, 0) is 0 Å². The molecule has 1 atom stereocenters. The molecule has 1 aliphatic rings. The van der Waals surface area contributed by atoms with Crippen LogP contribution in [0.15, 0.2) is 90.5 Å². The molecule has 0 saturated carbocycles. The Morgan fingerprint density at radius 1 is 0.913 bits per heavy atom. The van der Waals surface area contributed by atoms with Crippen LogP contribution in [0.5, 0.6) is 0 Å². The summed E-state index contributed by atoms with van der Waals surface area (Å²) in [5.41, 5.74) is 0.658. The first-order valence-electron chi connectivity index (χ1n) is 7.51. The molecule has 0 radical (unpaired) electrons. The Morgan fingerprint density at radius 2 is 1.43 bits per heavy atom. The zero-order valence-corrected chi connectivity index (χ0v) is 15.4. The number of rotatable bonds is 3. The van der Waals surface area contributed by atoms with E-state index in [0.717, 1.165) is 0 Å². The third kappa shape index (κ3) is 2.58. The normalized spacial score (nSPS) is 19.0. The Morgan fingerprint density at radius 3 is 1.91 bits per heavy atom. The van der Waals surface area contributed by atoms with Crippen LogP contribution in [0.2, 0.25) is 0 Å². The van der Waals surface area contributed by atoms with Gasteiger partial charge >= 0.3 is 145 Å². The topological polar surface area (TPSA) is 17.1 Å². The number of hydrogen-bond acceptors (Lipinski definition) is 1. The minimum atomic E-state index is -2.81. The van der Waals surface area contributed by atoms with Gasteiger partial charge in [0.05, 0.1) is 0 Å². The van der Waals surface area contributed by atoms with E-state index in [4.69, 9.17) is 0 Å². The molecule has 23 heavy (non-hydrogen) atoms. The van der Waals surface area contributed by atoms with Crippen LogP contribution < -0.4 is 10.6 Å². The molecule has 0 aliphatic heterocycles. The molecule has 2 aromatic rings. The molecule has 2 aromatic carbocycles. The molecule has 1 aliphatic carbocycles. The summed E-state index contributed by atoms with van der Waals surface area (Å²) in [6, 6.07) is 20.8. The van der Waals surface area contributed by atoms with Crippen molar-refractivity contribution >= 4 is 37.3 Å². The van der Waals surface area contributed by atoms with Gasteiger partial charge in [0, 0.05) is 0 Å². The second-order valence-corrected chi connectivity index (χ2v) is 16.0. The van der Waals surface area contributed by atoms with Gasteiger partial charge in [0.15, 0.2) is 0 Å². The summed E-state index contributed by atoms with van der Waals surface area (Å²) in [7, 11) is 0. The fourth-order valence-electron chi connectivity index (χ4n) is 3.22. The molecular weight excluding hydrogens is 367 g/mol. The number of carbonyl (C=O) groups excluding carboxylic acids is 1. The maximum absolute atomic E-state index is 11.6. The average Bonchev–Trinajstić information content (AvgIpc) is 2.63. The van der Waals surface area contributed by atoms with Crippen molar-refractivity contribution in [2.45, 2.75) is 5.66 Å². The van der Waals surface area contributed by atoms with Crippen LogP contribution in [-0.4, -0.2) is 18.3 Å². The monoisotopic (exact) mass is 384 g/mol. The molecule has 1 unspecified atom stereocenters. The number of halogens is 1. The van der Waals surface area contributed by atoms with Gasteiger partial charge in [-0.1, -0.05) is 0 Å². The van der Waals surface area contributed by atoms with Crippen molar-refractivity contribution in [2.75, 3.05) is 6.66 Å². The molecule has 0 bridgehead atoms. The fourth-order valence-corrected chi connectivity index (χ4v) is 9.77. The van der Waals surface area contributed by atoms with E-state index in [1.54, 1.807) is 0 Å². The van der Waals surface area contributed by atoms with E-state index in [9.17, 15) is 4.79 Å². The zero-order valence-electron chi connectivity index (χ0n) is 12.9. The van der Waals surface area contributed by atoms with Crippen LogP contribution in [-0.2, 0) is 4.79 Å². The van der Waals surface area contributed by atoms with Crippen LogP contribution >= 0.6 is 20.8 Å². The third-order valence-corrected chi connectivity index (χ3v) is 13.2. The van der Waals surface area contributed by atoms with Crippen molar-refractivity contribution in [2.24, 2.45) is 0 Å². The molecule has 3 rings (SSSR count). The molecule has 0 N–H and O–H groups in total. The average molecular weight is 385 g/mol. The molecule has 3 heteroatoms. The van der Waals surface area contributed by atoms with Gasteiger partial charge in [0.1, 0.15) is 0 Å². The number of benzene rings is 2. The standard InChI is InChI=1S/C20H18BrOP/c1-23(21,18-11-4-2-5-12-18,19-13-6-3-7-14-19)20-15-9-8-10-17(20)16-22/h2-15,20H,1H3. The van der Waals surface area contributed by atoms with Gasteiger partial charge in [-0.25, -0.2) is 0 Å². The summed E-state index contributed by atoms with van der Waals surface area (Å²) >= 11 is 4.19. The van der Waals surface area contributed by atoms with Crippen molar-refractivity contribution in [3.63, 3.8) is 0 Å². The summed E-state index contributed by atoms with van der Waals surface area (Å²) in [5, 5.41) is -0.363. The van der Waals surface area contributed by atoms with E-state index >= 15 is 0 Å². The number of allylic oxidation sites excluding steroid dienone is 5. The molecule has 0 aromatic heterocycles. The third-order valence-electron chi connectivity index (χ3n) is 4.56. The SMILES string of the molecule is CP(Br)(c1ccccc1)(c1ccccc1)C1C=CC=CC1=C=O. The van der Waals surface area contributed by atoms with E-state index in [0.29, 0.717) is 5.57 Å². The van der Waals surface area contributed by atoms with Gasteiger partial charge in [0.2, 0.25) is 0 Å². The van der Waals surface area contributed by atoms with Crippen molar-refractivity contribution in [1.29, 1.82) is 0 Å². The zero-order chi connectivity index (χ0) is 16.4. The molecule has 0 saturated heterocycles. The van der Waals surface area contributed by atoms with E-state index < -0.39 is 5.31 Å². The Balaban J connectivity index is 2.34. The minimum absolute atomic E-state index is 0.0340. The van der Waals surface area contributed by atoms with Gasteiger partial charge < -0.3 is 0 Å². The van der Waals surface area contributed by atoms with Gasteiger partial charge in [-0.2, -0.15) is 0 Å². The summed E-state index contributed by atoms with van der Waals surface area (Å²) in [5.74, 6) is 2.16. The molecular formula is C20H18BrOP. The van der Waals surface area contributed by atoms with Gasteiger partial charge in [0.25, 0.3) is 0 Å². The van der Waals surface area contributed by atoms with Crippen molar-refractivity contribution in [3.8, 4) is 0 Å². The van der Waals surface area contributed by atoms with Gasteiger partial charge in [-0.15, -0.1) is 0 Å². The van der Waals surface area contributed by atoms with Crippen LogP contribution in [0.25, 0.3) is 0 Å². The van der Waals surface area contributed by atoms with Crippen molar-refractivity contribution in [1.82, 2.24) is 0 Å². The molecule has 1 nitrogen and oxygen atoms in total. The predicted octanol–water partition coefficient (Wildman–Crippen LogP) is 4.38. The van der Waals surface area contributed by atoms with Crippen LogP contribution in [0.1, 0.15) is 0 Å². The Kier molecular flexibility index (Phi) is 4.25. The van der Waals surface area contributed by atoms with E-state index in [-0.39, 0.29) is 5.66 Å². The fraction of sp³-hybridized carbons (Fsp3) is 0.100. The molecule has 0 spiro atoms. The van der Waals surface area contributed by atoms with Gasteiger partial charge in [-0.3, -0.25) is 0 Å². The first-order valence-corrected chi connectivity index (χ1v) is 12.3. The van der Waals surface area contributed by atoms with Crippen LogP contribution in [0.4, 0.5) is 0 Å². The summed E-state index contributed by atoms with van der Waals surface area (Å²) in [6.45, 7) is 2.27. The maximum atomic E-state index is 11.6. The number of hydrogen-bond donors (Lipinski definition) is 0. The molecule has 0 amide bonds. The van der Waals surface area contributed by atoms with E-state index in [1.807, 2.05) is 30.4 Å².